The average molecular weight is 213 g/mol. The Bertz CT molecular complexity index is 153. The first-order valence-electron chi connectivity index (χ1n) is 6.55. The molecule has 90 valence electrons. The molecule has 15 heavy (non-hydrogen) atoms. The van der Waals surface area contributed by atoms with Gasteiger partial charge in [-0.25, -0.2) is 0 Å². The number of hydrogen-bond acceptors (Lipinski definition) is 2. The molecule has 0 aromatic carbocycles. The lowest BCUT2D eigenvalue weighted by molar-refractivity contribution is 0.0374. The summed E-state index contributed by atoms with van der Waals surface area (Å²) >= 11 is 0. The second kappa shape index (κ2) is 7.24. The Morgan fingerprint density at radius 3 is 2.67 bits per heavy atom. The summed E-state index contributed by atoms with van der Waals surface area (Å²) in [5.41, 5.74) is 0. The van der Waals surface area contributed by atoms with Crippen molar-refractivity contribution in [3.63, 3.8) is 0 Å². The number of ether oxygens (including phenoxy) is 1. The lowest BCUT2D eigenvalue weighted by Crippen LogP contribution is -2.40. The van der Waals surface area contributed by atoms with E-state index in [1.54, 1.807) is 0 Å². The molecule has 2 unspecified atom stereocenters. The smallest absolute Gasteiger partial charge is 0.0509 e. The summed E-state index contributed by atoms with van der Waals surface area (Å²) in [6.45, 7) is 9.83. The number of nitrogens with one attached hydrogen (secondary N) is 1. The molecule has 2 atom stereocenters. The monoisotopic (exact) mass is 213 g/mol. The van der Waals surface area contributed by atoms with Gasteiger partial charge in [-0.2, -0.15) is 0 Å². The van der Waals surface area contributed by atoms with E-state index in [9.17, 15) is 0 Å². The van der Waals surface area contributed by atoms with Gasteiger partial charge in [0.2, 0.25) is 0 Å². The van der Waals surface area contributed by atoms with Crippen molar-refractivity contribution in [3.8, 4) is 0 Å². The van der Waals surface area contributed by atoms with Crippen molar-refractivity contribution >= 4 is 0 Å². The summed E-state index contributed by atoms with van der Waals surface area (Å²) in [7, 11) is 0. The molecule has 0 bridgehead atoms. The van der Waals surface area contributed by atoms with Crippen LogP contribution < -0.4 is 5.32 Å². The predicted molar refractivity (Wildman–Crippen MR) is 65.1 cm³/mol. The molecule has 2 heteroatoms. The van der Waals surface area contributed by atoms with Gasteiger partial charge >= 0.3 is 0 Å². The van der Waals surface area contributed by atoms with Crippen LogP contribution in [0.1, 0.15) is 46.5 Å². The first kappa shape index (κ1) is 13.0. The van der Waals surface area contributed by atoms with Gasteiger partial charge in [0.05, 0.1) is 6.61 Å². The van der Waals surface area contributed by atoms with E-state index in [1.807, 2.05) is 0 Å². The van der Waals surface area contributed by atoms with Crippen LogP contribution in [0.5, 0.6) is 0 Å². The third kappa shape index (κ3) is 4.98. The minimum absolute atomic E-state index is 0.678. The largest absolute Gasteiger partial charge is 0.381 e. The summed E-state index contributed by atoms with van der Waals surface area (Å²) in [5.74, 6) is 1.56. The molecule has 1 aliphatic rings. The van der Waals surface area contributed by atoms with E-state index in [2.05, 4.69) is 26.1 Å². The quantitative estimate of drug-likeness (QED) is 0.732. The minimum atomic E-state index is 0.678. The van der Waals surface area contributed by atoms with Gasteiger partial charge in [0.15, 0.2) is 0 Å². The van der Waals surface area contributed by atoms with Crippen LogP contribution in [-0.2, 0) is 4.74 Å². The topological polar surface area (TPSA) is 21.3 Å². The zero-order valence-corrected chi connectivity index (χ0v) is 10.6. The summed E-state index contributed by atoms with van der Waals surface area (Å²) in [6, 6.07) is 0.678. The van der Waals surface area contributed by atoms with Crippen LogP contribution in [0.3, 0.4) is 0 Å². The van der Waals surface area contributed by atoms with E-state index in [0.717, 1.165) is 31.6 Å². The van der Waals surface area contributed by atoms with Gasteiger partial charge in [-0.05, 0) is 44.1 Å². The Hall–Kier alpha value is -0.0800. The zero-order valence-electron chi connectivity index (χ0n) is 10.6. The van der Waals surface area contributed by atoms with Crippen LogP contribution in [0.25, 0.3) is 0 Å². The van der Waals surface area contributed by atoms with Crippen LogP contribution in [-0.4, -0.2) is 25.8 Å². The summed E-state index contributed by atoms with van der Waals surface area (Å²) in [4.78, 5) is 0. The molecule has 1 N–H and O–H groups in total. The molecule has 1 saturated heterocycles. The fourth-order valence-corrected chi connectivity index (χ4v) is 2.36. The predicted octanol–water partition coefficient (Wildman–Crippen LogP) is 2.83. The van der Waals surface area contributed by atoms with Crippen molar-refractivity contribution in [2.75, 3.05) is 19.8 Å². The Kier molecular flexibility index (Phi) is 6.26. The Morgan fingerprint density at radius 2 is 2.13 bits per heavy atom. The van der Waals surface area contributed by atoms with E-state index in [-0.39, 0.29) is 0 Å². The maximum Gasteiger partial charge on any atom is 0.0509 e. The third-order valence-corrected chi connectivity index (χ3v) is 3.29. The maximum atomic E-state index is 5.58. The molecule has 1 heterocycles. The SMILES string of the molecule is CCNC(CCC(C)C)C1CCCOC1. The van der Waals surface area contributed by atoms with Crippen molar-refractivity contribution in [2.45, 2.75) is 52.5 Å². The first-order valence-corrected chi connectivity index (χ1v) is 6.55. The third-order valence-electron chi connectivity index (χ3n) is 3.29. The molecular formula is C13H27NO. The zero-order chi connectivity index (χ0) is 11.1. The Morgan fingerprint density at radius 1 is 1.33 bits per heavy atom. The minimum Gasteiger partial charge on any atom is -0.381 e. The molecule has 1 fully saturated rings. The molecule has 0 aromatic heterocycles. The highest BCUT2D eigenvalue weighted by molar-refractivity contribution is 4.78. The molecular weight excluding hydrogens is 186 g/mol. The lowest BCUT2D eigenvalue weighted by Gasteiger charge is -2.31. The van der Waals surface area contributed by atoms with Crippen LogP contribution in [0.4, 0.5) is 0 Å². The van der Waals surface area contributed by atoms with Crippen LogP contribution in [0, 0.1) is 11.8 Å². The molecule has 0 radical (unpaired) electrons. The van der Waals surface area contributed by atoms with Crippen LogP contribution in [0.2, 0.25) is 0 Å². The van der Waals surface area contributed by atoms with Gasteiger partial charge in [0.25, 0.3) is 0 Å². The van der Waals surface area contributed by atoms with Gasteiger partial charge < -0.3 is 10.1 Å². The second-order valence-electron chi connectivity index (χ2n) is 5.11. The van der Waals surface area contributed by atoms with Gasteiger partial charge in [0.1, 0.15) is 0 Å². The van der Waals surface area contributed by atoms with E-state index in [4.69, 9.17) is 4.74 Å². The molecule has 0 aliphatic carbocycles. The van der Waals surface area contributed by atoms with Crippen molar-refractivity contribution < 1.29 is 4.74 Å². The van der Waals surface area contributed by atoms with Crippen molar-refractivity contribution in [1.82, 2.24) is 5.32 Å². The fraction of sp³-hybridized carbons (Fsp3) is 1.00. The lowest BCUT2D eigenvalue weighted by atomic mass is 9.89. The molecule has 2 nitrogen and oxygen atoms in total. The summed E-state index contributed by atoms with van der Waals surface area (Å²) in [6.07, 6.45) is 5.22. The molecule has 1 rings (SSSR count). The van der Waals surface area contributed by atoms with Gasteiger partial charge in [-0.3, -0.25) is 0 Å². The highest BCUT2D eigenvalue weighted by atomic mass is 16.5. The Balaban J connectivity index is 2.33. The van der Waals surface area contributed by atoms with E-state index >= 15 is 0 Å². The number of rotatable bonds is 6. The van der Waals surface area contributed by atoms with E-state index in [1.165, 1.54) is 25.7 Å². The highest BCUT2D eigenvalue weighted by Gasteiger charge is 2.23. The van der Waals surface area contributed by atoms with Crippen molar-refractivity contribution in [2.24, 2.45) is 11.8 Å². The summed E-state index contributed by atoms with van der Waals surface area (Å²) < 4.78 is 5.58. The van der Waals surface area contributed by atoms with E-state index in [0.29, 0.717) is 6.04 Å². The van der Waals surface area contributed by atoms with E-state index < -0.39 is 0 Å². The van der Waals surface area contributed by atoms with Gasteiger partial charge in [-0.15, -0.1) is 0 Å². The molecule has 0 spiro atoms. The van der Waals surface area contributed by atoms with Crippen molar-refractivity contribution in [3.05, 3.63) is 0 Å². The second-order valence-corrected chi connectivity index (χ2v) is 5.11. The maximum absolute atomic E-state index is 5.58. The molecule has 0 saturated carbocycles. The Labute approximate surface area is 94.8 Å². The van der Waals surface area contributed by atoms with Crippen LogP contribution >= 0.6 is 0 Å². The highest BCUT2D eigenvalue weighted by Crippen LogP contribution is 2.21. The average Bonchev–Trinajstić information content (AvgIpc) is 2.25. The molecule has 0 amide bonds. The first-order chi connectivity index (χ1) is 7.24. The van der Waals surface area contributed by atoms with Crippen molar-refractivity contribution in [1.29, 1.82) is 0 Å². The van der Waals surface area contributed by atoms with Gasteiger partial charge in [-0.1, -0.05) is 20.8 Å². The fourth-order valence-electron chi connectivity index (χ4n) is 2.36. The van der Waals surface area contributed by atoms with Crippen LogP contribution in [0.15, 0.2) is 0 Å². The molecule has 1 aliphatic heterocycles. The molecule has 0 aromatic rings. The standard InChI is InChI=1S/C13H27NO/c1-4-14-13(8-7-11(2)3)12-6-5-9-15-10-12/h11-14H,4-10H2,1-3H3. The summed E-state index contributed by atoms with van der Waals surface area (Å²) in [5, 5.41) is 3.63. The number of hydrogen-bond donors (Lipinski definition) is 1. The normalized spacial score (nSPS) is 24.4. The van der Waals surface area contributed by atoms with Gasteiger partial charge in [0, 0.05) is 12.6 Å².